The fourth-order valence-corrected chi connectivity index (χ4v) is 2.04. The maximum Gasteiger partial charge on any atom is 0.243 e. The third kappa shape index (κ3) is 3.76. The van der Waals surface area contributed by atoms with E-state index in [4.69, 9.17) is 19.7 Å². The Bertz CT molecular complexity index is 350. The van der Waals surface area contributed by atoms with Crippen molar-refractivity contribution in [2.45, 2.75) is 44.2 Å². The van der Waals surface area contributed by atoms with Crippen molar-refractivity contribution in [3.05, 3.63) is 11.7 Å². The van der Waals surface area contributed by atoms with Crippen LogP contribution in [-0.2, 0) is 15.9 Å². The van der Waals surface area contributed by atoms with Gasteiger partial charge in [-0.3, -0.25) is 0 Å². The molecule has 2 rings (SSSR count). The minimum atomic E-state index is -0.251. The van der Waals surface area contributed by atoms with Crippen LogP contribution in [0.3, 0.4) is 0 Å². The lowest BCUT2D eigenvalue weighted by Gasteiger charge is -2.20. The maximum absolute atomic E-state index is 5.92. The highest BCUT2D eigenvalue weighted by Crippen LogP contribution is 2.17. The van der Waals surface area contributed by atoms with E-state index in [2.05, 4.69) is 10.1 Å². The highest BCUT2D eigenvalue weighted by atomic mass is 16.5. The molecule has 2 N–H and O–H groups in total. The molecule has 0 aliphatic carbocycles. The zero-order chi connectivity index (χ0) is 12.8. The second kappa shape index (κ2) is 6.82. The van der Waals surface area contributed by atoms with Crippen molar-refractivity contribution in [3.8, 4) is 0 Å². The van der Waals surface area contributed by atoms with Gasteiger partial charge in [0.05, 0.1) is 12.1 Å². The summed E-state index contributed by atoms with van der Waals surface area (Å²) < 4.78 is 15.8. The number of ether oxygens (including phenoxy) is 2. The minimum Gasteiger partial charge on any atom is -0.385 e. The third-order valence-corrected chi connectivity index (χ3v) is 3.12. The van der Waals surface area contributed by atoms with Crippen LogP contribution in [0.4, 0.5) is 0 Å². The smallest absolute Gasteiger partial charge is 0.243 e. The summed E-state index contributed by atoms with van der Waals surface area (Å²) in [6.07, 6.45) is 5.04. The highest BCUT2D eigenvalue weighted by Gasteiger charge is 2.19. The van der Waals surface area contributed by atoms with Gasteiger partial charge < -0.3 is 19.7 Å². The molecule has 1 saturated heterocycles. The fourth-order valence-electron chi connectivity index (χ4n) is 2.04. The lowest BCUT2D eigenvalue weighted by Crippen LogP contribution is -2.22. The molecule has 0 amide bonds. The quantitative estimate of drug-likeness (QED) is 0.822. The molecule has 6 nitrogen and oxygen atoms in total. The van der Waals surface area contributed by atoms with Gasteiger partial charge in [-0.05, 0) is 25.7 Å². The number of rotatable bonds is 6. The van der Waals surface area contributed by atoms with Gasteiger partial charge >= 0.3 is 0 Å². The average Bonchev–Trinajstić information content (AvgIpc) is 2.86. The normalized spacial score (nSPS) is 22.0. The summed E-state index contributed by atoms with van der Waals surface area (Å²) in [6.45, 7) is 1.42. The molecule has 18 heavy (non-hydrogen) atoms. The van der Waals surface area contributed by atoms with Gasteiger partial charge in [-0.2, -0.15) is 4.98 Å². The largest absolute Gasteiger partial charge is 0.385 e. The summed E-state index contributed by atoms with van der Waals surface area (Å²) in [5, 5.41) is 3.95. The lowest BCUT2D eigenvalue weighted by molar-refractivity contribution is 0.0153. The first-order valence-corrected chi connectivity index (χ1v) is 6.48. The first-order valence-electron chi connectivity index (χ1n) is 6.48. The van der Waals surface area contributed by atoms with Crippen molar-refractivity contribution in [2.24, 2.45) is 5.73 Å². The monoisotopic (exact) mass is 255 g/mol. The van der Waals surface area contributed by atoms with E-state index in [1.54, 1.807) is 7.11 Å². The molecule has 2 atom stereocenters. The first kappa shape index (κ1) is 13.5. The van der Waals surface area contributed by atoms with Gasteiger partial charge in [-0.25, -0.2) is 0 Å². The van der Waals surface area contributed by atoms with Crippen molar-refractivity contribution in [2.75, 3.05) is 20.3 Å². The molecule has 0 saturated carbocycles. The van der Waals surface area contributed by atoms with Gasteiger partial charge in [-0.1, -0.05) is 5.16 Å². The van der Waals surface area contributed by atoms with E-state index >= 15 is 0 Å². The summed E-state index contributed by atoms with van der Waals surface area (Å²) in [5.74, 6) is 1.17. The maximum atomic E-state index is 5.92. The van der Waals surface area contributed by atoms with Crippen LogP contribution in [0.1, 0.15) is 43.4 Å². The predicted molar refractivity (Wildman–Crippen MR) is 65.0 cm³/mol. The van der Waals surface area contributed by atoms with Gasteiger partial charge in [0.2, 0.25) is 5.89 Å². The molecule has 1 fully saturated rings. The Labute approximate surface area is 107 Å². The van der Waals surface area contributed by atoms with Gasteiger partial charge in [-0.15, -0.1) is 0 Å². The lowest BCUT2D eigenvalue weighted by atomic mass is 10.1. The fraction of sp³-hybridized carbons (Fsp3) is 0.833. The number of hydrogen-bond donors (Lipinski definition) is 1. The van der Waals surface area contributed by atoms with Crippen LogP contribution in [0.25, 0.3) is 0 Å². The summed E-state index contributed by atoms with van der Waals surface area (Å²) >= 11 is 0. The Kier molecular flexibility index (Phi) is 5.10. The molecule has 0 aromatic carbocycles. The molecule has 1 aromatic heterocycles. The van der Waals surface area contributed by atoms with Crippen LogP contribution in [0.5, 0.6) is 0 Å². The van der Waals surface area contributed by atoms with Gasteiger partial charge in [0.25, 0.3) is 0 Å². The van der Waals surface area contributed by atoms with Gasteiger partial charge in [0, 0.05) is 26.7 Å². The zero-order valence-corrected chi connectivity index (χ0v) is 10.8. The van der Waals surface area contributed by atoms with Crippen LogP contribution in [-0.4, -0.2) is 36.6 Å². The Hall–Kier alpha value is -0.980. The van der Waals surface area contributed by atoms with Gasteiger partial charge in [0.15, 0.2) is 5.82 Å². The number of nitrogens with two attached hydrogens (primary N) is 1. The van der Waals surface area contributed by atoms with E-state index in [-0.39, 0.29) is 12.1 Å². The molecule has 1 aromatic rings. The first-order chi connectivity index (χ1) is 8.79. The number of hydrogen-bond acceptors (Lipinski definition) is 6. The topological polar surface area (TPSA) is 83.4 Å². The summed E-state index contributed by atoms with van der Waals surface area (Å²) in [6, 6.07) is -0.251. The molecule has 1 aliphatic heterocycles. The van der Waals surface area contributed by atoms with E-state index < -0.39 is 0 Å². The summed E-state index contributed by atoms with van der Waals surface area (Å²) in [5.41, 5.74) is 5.92. The molecule has 0 bridgehead atoms. The number of nitrogens with zero attached hydrogens (tertiary/aromatic N) is 2. The molecule has 0 spiro atoms. The van der Waals surface area contributed by atoms with Crippen LogP contribution in [0, 0.1) is 0 Å². The SMILES string of the molecule is COCCC(N)c1nc(CC2CCCCO2)no1. The zero-order valence-electron chi connectivity index (χ0n) is 10.8. The van der Waals surface area contributed by atoms with Crippen LogP contribution < -0.4 is 5.73 Å². The van der Waals surface area contributed by atoms with Crippen LogP contribution in [0.2, 0.25) is 0 Å². The van der Waals surface area contributed by atoms with E-state index in [9.17, 15) is 0 Å². The number of aromatic nitrogens is 2. The second-order valence-corrected chi connectivity index (χ2v) is 4.63. The minimum absolute atomic E-state index is 0.222. The van der Waals surface area contributed by atoms with E-state index in [1.807, 2.05) is 0 Å². The predicted octanol–water partition coefficient (Wildman–Crippen LogP) is 1.22. The standard InChI is InChI=1S/C12H21N3O3/c1-16-7-5-10(13)12-14-11(15-18-12)8-9-4-2-3-6-17-9/h9-10H,2-8,13H2,1H3. The Balaban J connectivity index is 1.84. The van der Waals surface area contributed by atoms with Crippen molar-refractivity contribution in [3.63, 3.8) is 0 Å². The van der Waals surface area contributed by atoms with E-state index in [0.717, 1.165) is 19.4 Å². The Morgan fingerprint density at radius 2 is 2.39 bits per heavy atom. The summed E-state index contributed by atoms with van der Waals surface area (Å²) in [7, 11) is 1.65. The number of methoxy groups -OCH3 is 1. The van der Waals surface area contributed by atoms with Crippen molar-refractivity contribution in [1.82, 2.24) is 10.1 Å². The average molecular weight is 255 g/mol. The Morgan fingerprint density at radius 3 is 3.11 bits per heavy atom. The molecular formula is C12H21N3O3. The van der Waals surface area contributed by atoms with Crippen LogP contribution in [0.15, 0.2) is 4.52 Å². The Morgan fingerprint density at radius 1 is 1.50 bits per heavy atom. The molecule has 6 heteroatoms. The molecule has 2 unspecified atom stereocenters. The van der Waals surface area contributed by atoms with Gasteiger partial charge in [0.1, 0.15) is 0 Å². The molecule has 102 valence electrons. The van der Waals surface area contributed by atoms with Crippen molar-refractivity contribution >= 4 is 0 Å². The molecular weight excluding hydrogens is 234 g/mol. The van der Waals surface area contributed by atoms with E-state index in [1.165, 1.54) is 6.42 Å². The second-order valence-electron chi connectivity index (χ2n) is 4.63. The van der Waals surface area contributed by atoms with Crippen molar-refractivity contribution in [1.29, 1.82) is 0 Å². The third-order valence-electron chi connectivity index (χ3n) is 3.12. The summed E-state index contributed by atoms with van der Waals surface area (Å²) in [4.78, 5) is 4.32. The molecule has 1 aliphatic rings. The van der Waals surface area contributed by atoms with E-state index in [0.29, 0.717) is 31.2 Å². The van der Waals surface area contributed by atoms with Crippen molar-refractivity contribution < 1.29 is 14.0 Å². The van der Waals surface area contributed by atoms with Crippen LogP contribution >= 0.6 is 0 Å². The molecule has 2 heterocycles. The molecule has 0 radical (unpaired) electrons. The highest BCUT2D eigenvalue weighted by molar-refractivity contribution is 4.93.